The Morgan fingerprint density at radius 3 is 1.91 bits per heavy atom. The molecule has 12 heteroatoms. The van der Waals surface area contributed by atoms with Crippen LogP contribution >= 0.6 is 38.3 Å². The molecule has 4 fully saturated rings. The fraction of sp³-hybridized carbons (Fsp3) is 0.783. The number of carbonyl (C=O) groups is 2. The first-order valence-electron chi connectivity index (χ1n) is 11.8. The number of nitrogens with zero attached hydrogens (tertiary/aromatic N) is 4. The van der Waals surface area contributed by atoms with Crippen LogP contribution in [0.5, 0.6) is 0 Å². The van der Waals surface area contributed by atoms with Crippen molar-refractivity contribution in [3.8, 4) is 0 Å². The fourth-order valence-electron chi connectivity index (χ4n) is 4.91. The summed E-state index contributed by atoms with van der Waals surface area (Å²) in [6.07, 6.45) is 3.60. The summed E-state index contributed by atoms with van der Waals surface area (Å²) in [5, 5.41) is 6.41. The largest absolute Gasteiger partial charge is 0.444 e. The smallest absolute Gasteiger partial charge is 0.410 e. The Hall–Kier alpha value is -1.37. The molecule has 1 aromatic heterocycles. The number of hydrogen-bond donors (Lipinski definition) is 1. The minimum absolute atomic E-state index is 0. The number of likely N-dealkylation sites (tertiary alicyclic amines) is 2. The van der Waals surface area contributed by atoms with Crippen molar-refractivity contribution in [1.82, 2.24) is 20.1 Å². The van der Waals surface area contributed by atoms with E-state index in [1.165, 1.54) is 0 Å². The van der Waals surface area contributed by atoms with Gasteiger partial charge in [0, 0.05) is 49.8 Å². The molecular formula is C23H41N5O4S3. The molecule has 0 radical (unpaired) electrons. The number of hydrogen-bond acceptors (Lipinski definition) is 8. The number of carbonyl (C=O) groups excluding carboxylic acids is 2. The Labute approximate surface area is 226 Å². The van der Waals surface area contributed by atoms with Gasteiger partial charge in [0.15, 0.2) is 5.13 Å². The van der Waals surface area contributed by atoms with E-state index in [1.54, 1.807) is 11.3 Å². The second kappa shape index (κ2) is 11.4. The van der Waals surface area contributed by atoms with Gasteiger partial charge in [-0.1, -0.05) is 0 Å². The highest BCUT2D eigenvalue weighted by Crippen LogP contribution is 2.36. The zero-order valence-corrected chi connectivity index (χ0v) is 24.4. The molecule has 0 spiro atoms. The highest BCUT2D eigenvalue weighted by Gasteiger charge is 2.47. The first-order valence-corrected chi connectivity index (χ1v) is 12.7. The summed E-state index contributed by atoms with van der Waals surface area (Å²) in [4.78, 5) is 34.2. The Balaban J connectivity index is 0.000000243. The van der Waals surface area contributed by atoms with E-state index in [4.69, 9.17) is 9.47 Å². The number of nitrogens with one attached hydrogen (secondary N) is 1. The standard InChI is InChI=1S/C13H19N3O2S.C10H18N2O2.2H2S/c1-13(2,3)18-12(17)16-8-9-6-10(16)7-15(9)11-14-4-5-19-11;1-10(2,3)14-9(13)12-6-7-4-8(12)5-11-7;;/h4-5,9-10H,6-8H2,1-3H3;7-8,11H,4-6H2,1-3H3;2*1H2/t9-,10-;7-,8-;;/m00../s1. The Morgan fingerprint density at radius 2 is 1.51 bits per heavy atom. The van der Waals surface area contributed by atoms with E-state index in [0.29, 0.717) is 18.1 Å². The third-order valence-electron chi connectivity index (χ3n) is 6.22. The number of aromatic nitrogens is 1. The third-order valence-corrected chi connectivity index (χ3v) is 7.03. The molecule has 0 saturated carbocycles. The van der Waals surface area contributed by atoms with Crippen molar-refractivity contribution in [1.29, 1.82) is 0 Å². The monoisotopic (exact) mass is 547 g/mol. The topological polar surface area (TPSA) is 87.2 Å². The molecule has 5 heterocycles. The van der Waals surface area contributed by atoms with Gasteiger partial charge < -0.3 is 29.5 Å². The quantitative estimate of drug-likeness (QED) is 0.576. The molecule has 4 saturated heterocycles. The zero-order chi connectivity index (χ0) is 24.0. The van der Waals surface area contributed by atoms with Gasteiger partial charge in [-0.2, -0.15) is 27.0 Å². The molecule has 200 valence electrons. The maximum absolute atomic E-state index is 12.1. The molecule has 9 nitrogen and oxygen atoms in total. The highest BCUT2D eigenvalue weighted by molar-refractivity contribution is 7.59. The summed E-state index contributed by atoms with van der Waals surface area (Å²) in [6.45, 7) is 14.8. The normalized spacial score (nSPS) is 26.5. The predicted molar refractivity (Wildman–Crippen MR) is 148 cm³/mol. The minimum atomic E-state index is -0.423. The number of thiazole rings is 1. The Kier molecular flexibility index (Phi) is 9.68. The van der Waals surface area contributed by atoms with Crippen LogP contribution < -0.4 is 10.2 Å². The highest BCUT2D eigenvalue weighted by atomic mass is 32.1. The second-order valence-corrected chi connectivity index (χ2v) is 12.1. The van der Waals surface area contributed by atoms with Gasteiger partial charge in [0.05, 0.1) is 12.1 Å². The van der Waals surface area contributed by atoms with Gasteiger partial charge >= 0.3 is 12.2 Å². The van der Waals surface area contributed by atoms with E-state index in [-0.39, 0.29) is 50.8 Å². The van der Waals surface area contributed by atoms with Crippen LogP contribution in [0.1, 0.15) is 54.4 Å². The van der Waals surface area contributed by atoms with Crippen LogP contribution in [0.15, 0.2) is 11.6 Å². The second-order valence-electron chi connectivity index (χ2n) is 11.3. The van der Waals surface area contributed by atoms with Gasteiger partial charge in [-0.3, -0.25) is 0 Å². The van der Waals surface area contributed by atoms with Crippen molar-refractivity contribution in [3.05, 3.63) is 11.6 Å². The molecule has 0 aliphatic carbocycles. The van der Waals surface area contributed by atoms with Crippen molar-refractivity contribution in [2.75, 3.05) is 31.1 Å². The molecule has 1 aromatic rings. The molecular weight excluding hydrogens is 506 g/mol. The molecule has 1 N–H and O–H groups in total. The van der Waals surface area contributed by atoms with E-state index in [2.05, 4.69) is 15.2 Å². The number of ether oxygens (including phenoxy) is 2. The molecule has 4 aliphatic rings. The van der Waals surface area contributed by atoms with E-state index < -0.39 is 5.60 Å². The van der Waals surface area contributed by atoms with E-state index >= 15 is 0 Å². The van der Waals surface area contributed by atoms with E-state index in [1.807, 2.05) is 62.9 Å². The van der Waals surface area contributed by atoms with Crippen LogP contribution in [0.3, 0.4) is 0 Å². The van der Waals surface area contributed by atoms with Crippen LogP contribution in [0.4, 0.5) is 14.7 Å². The molecule has 4 atom stereocenters. The average molecular weight is 548 g/mol. The Morgan fingerprint density at radius 1 is 0.914 bits per heavy atom. The van der Waals surface area contributed by atoms with Gasteiger partial charge in [-0.25, -0.2) is 14.6 Å². The Bertz CT molecular complexity index is 858. The summed E-state index contributed by atoms with van der Waals surface area (Å²) in [5.41, 5.74) is -0.805. The molecule has 5 rings (SSSR count). The van der Waals surface area contributed by atoms with Crippen LogP contribution in [0.25, 0.3) is 0 Å². The van der Waals surface area contributed by atoms with E-state index in [0.717, 1.165) is 44.2 Å². The molecule has 4 aliphatic heterocycles. The summed E-state index contributed by atoms with van der Waals surface area (Å²) in [7, 11) is 0. The molecule has 0 aromatic carbocycles. The van der Waals surface area contributed by atoms with Crippen LogP contribution in [0.2, 0.25) is 0 Å². The maximum Gasteiger partial charge on any atom is 0.410 e. The zero-order valence-electron chi connectivity index (χ0n) is 21.5. The van der Waals surface area contributed by atoms with Crippen molar-refractivity contribution in [2.45, 2.75) is 89.8 Å². The van der Waals surface area contributed by atoms with Gasteiger partial charge in [-0.15, -0.1) is 11.3 Å². The lowest BCUT2D eigenvalue weighted by molar-refractivity contribution is 0.0198. The van der Waals surface area contributed by atoms with Gasteiger partial charge in [-0.05, 0) is 54.4 Å². The lowest BCUT2D eigenvalue weighted by Gasteiger charge is -2.35. The molecule has 35 heavy (non-hydrogen) atoms. The first-order chi connectivity index (χ1) is 15.4. The number of piperazine rings is 2. The molecule has 4 bridgehead atoms. The number of rotatable bonds is 1. The van der Waals surface area contributed by atoms with Crippen molar-refractivity contribution < 1.29 is 19.1 Å². The lowest BCUT2D eigenvalue weighted by Crippen LogP contribution is -2.50. The summed E-state index contributed by atoms with van der Waals surface area (Å²) >= 11 is 1.66. The lowest BCUT2D eigenvalue weighted by atomic mass is 10.2. The van der Waals surface area contributed by atoms with E-state index in [9.17, 15) is 9.59 Å². The van der Waals surface area contributed by atoms with Gasteiger partial charge in [0.1, 0.15) is 11.2 Å². The maximum atomic E-state index is 12.1. The summed E-state index contributed by atoms with van der Waals surface area (Å²) in [5.74, 6) is 0. The van der Waals surface area contributed by atoms with Crippen LogP contribution in [-0.4, -0.2) is 88.5 Å². The van der Waals surface area contributed by atoms with Crippen molar-refractivity contribution in [2.24, 2.45) is 0 Å². The third kappa shape index (κ3) is 7.33. The SMILES string of the molecule is CC(C)(C)OC(=O)N1C[C@@H]2C[C@H]1CN2.CC(C)(C)OC(=O)N1C[C@@H]2C[C@H]1CN2c1nccs1.S.S. The molecule has 2 amide bonds. The van der Waals surface area contributed by atoms with Crippen molar-refractivity contribution >= 4 is 55.6 Å². The van der Waals surface area contributed by atoms with Gasteiger partial charge in [0.2, 0.25) is 0 Å². The average Bonchev–Trinajstić information content (AvgIpc) is 3.52. The minimum Gasteiger partial charge on any atom is -0.444 e. The fourth-order valence-corrected chi connectivity index (χ4v) is 5.63. The number of anilines is 1. The predicted octanol–water partition coefficient (Wildman–Crippen LogP) is 3.53. The number of amides is 2. The summed E-state index contributed by atoms with van der Waals surface area (Å²) in [6, 6.07) is 1.51. The van der Waals surface area contributed by atoms with Crippen LogP contribution in [0, 0.1) is 0 Å². The van der Waals surface area contributed by atoms with Crippen molar-refractivity contribution in [3.63, 3.8) is 0 Å². The summed E-state index contributed by atoms with van der Waals surface area (Å²) < 4.78 is 10.8. The first kappa shape index (κ1) is 29.9. The van der Waals surface area contributed by atoms with Gasteiger partial charge in [0.25, 0.3) is 0 Å². The molecule has 0 unspecified atom stereocenters. The number of fused-ring (bicyclic) bond motifs is 4. The van der Waals surface area contributed by atoms with Crippen LogP contribution in [-0.2, 0) is 9.47 Å².